The largest absolute Gasteiger partial charge is 0.340 e. The van der Waals surface area contributed by atoms with Gasteiger partial charge >= 0.3 is 0 Å². The molecule has 1 saturated heterocycles. The molecule has 1 aromatic carbocycles. The maximum atomic E-state index is 12.7. The zero-order valence-electron chi connectivity index (χ0n) is 17.2. The summed E-state index contributed by atoms with van der Waals surface area (Å²) in [5.41, 5.74) is 3.17. The SMILES string of the molecule is CN(Cc1ccc(C(=O)N(C)CCN2CCCCC2)cc1)Cc1cccnc1. The lowest BCUT2D eigenvalue weighted by Crippen LogP contribution is -2.38. The topological polar surface area (TPSA) is 39.7 Å². The Morgan fingerprint density at radius 1 is 1.00 bits per heavy atom. The Balaban J connectivity index is 1.47. The molecule has 2 heterocycles. The van der Waals surface area contributed by atoms with Crippen LogP contribution in [-0.2, 0) is 13.1 Å². The molecule has 3 rings (SSSR count). The van der Waals surface area contributed by atoms with Crippen LogP contribution in [0.5, 0.6) is 0 Å². The van der Waals surface area contributed by atoms with E-state index in [-0.39, 0.29) is 5.91 Å². The molecular formula is C23H32N4O. The number of benzene rings is 1. The predicted octanol–water partition coefficient (Wildman–Crippen LogP) is 3.27. The second-order valence-corrected chi connectivity index (χ2v) is 7.86. The summed E-state index contributed by atoms with van der Waals surface area (Å²) in [5.74, 6) is 0.104. The number of amides is 1. The number of nitrogens with zero attached hydrogens (tertiary/aromatic N) is 4. The van der Waals surface area contributed by atoms with Gasteiger partial charge in [-0.05, 0) is 62.3 Å². The summed E-state index contributed by atoms with van der Waals surface area (Å²) in [6.45, 7) is 5.79. The highest BCUT2D eigenvalue weighted by molar-refractivity contribution is 5.94. The Morgan fingerprint density at radius 3 is 2.39 bits per heavy atom. The van der Waals surface area contributed by atoms with Gasteiger partial charge in [-0.25, -0.2) is 0 Å². The smallest absolute Gasteiger partial charge is 0.253 e. The molecule has 0 aliphatic carbocycles. The number of aromatic nitrogens is 1. The molecule has 0 N–H and O–H groups in total. The van der Waals surface area contributed by atoms with Gasteiger partial charge in [0.25, 0.3) is 5.91 Å². The van der Waals surface area contributed by atoms with Crippen molar-refractivity contribution in [3.05, 3.63) is 65.5 Å². The molecule has 5 heteroatoms. The molecular weight excluding hydrogens is 348 g/mol. The molecule has 0 unspecified atom stereocenters. The third-order valence-corrected chi connectivity index (χ3v) is 5.38. The number of hydrogen-bond acceptors (Lipinski definition) is 4. The van der Waals surface area contributed by atoms with Crippen molar-refractivity contribution >= 4 is 5.91 Å². The highest BCUT2D eigenvalue weighted by atomic mass is 16.2. The van der Waals surface area contributed by atoms with Crippen LogP contribution in [0.15, 0.2) is 48.8 Å². The molecule has 5 nitrogen and oxygen atoms in total. The molecule has 2 aromatic rings. The number of hydrogen-bond donors (Lipinski definition) is 0. The number of pyridine rings is 1. The van der Waals surface area contributed by atoms with Crippen molar-refractivity contribution in [1.82, 2.24) is 19.7 Å². The van der Waals surface area contributed by atoms with Crippen LogP contribution in [-0.4, -0.2) is 65.9 Å². The third kappa shape index (κ3) is 6.14. The predicted molar refractivity (Wildman–Crippen MR) is 113 cm³/mol. The van der Waals surface area contributed by atoms with Crippen molar-refractivity contribution in [2.75, 3.05) is 40.3 Å². The fourth-order valence-corrected chi connectivity index (χ4v) is 3.72. The Bertz CT molecular complexity index is 726. The van der Waals surface area contributed by atoms with E-state index in [2.05, 4.69) is 40.0 Å². The fraction of sp³-hybridized carbons (Fsp3) is 0.478. The van der Waals surface area contributed by atoms with Gasteiger partial charge in [0.05, 0.1) is 0 Å². The average Bonchev–Trinajstić information content (AvgIpc) is 2.73. The van der Waals surface area contributed by atoms with E-state index in [1.54, 1.807) is 6.20 Å². The highest BCUT2D eigenvalue weighted by Gasteiger charge is 2.15. The lowest BCUT2D eigenvalue weighted by atomic mass is 10.1. The molecule has 0 atom stereocenters. The second kappa shape index (κ2) is 10.3. The van der Waals surface area contributed by atoms with Crippen LogP contribution in [0.3, 0.4) is 0 Å². The summed E-state index contributed by atoms with van der Waals surface area (Å²) in [6, 6.07) is 12.1. The van der Waals surface area contributed by atoms with E-state index in [1.165, 1.54) is 43.5 Å². The first-order valence-electron chi connectivity index (χ1n) is 10.3. The van der Waals surface area contributed by atoms with Crippen molar-refractivity contribution < 1.29 is 4.79 Å². The highest BCUT2D eigenvalue weighted by Crippen LogP contribution is 2.12. The van der Waals surface area contributed by atoms with E-state index in [0.29, 0.717) is 0 Å². The van der Waals surface area contributed by atoms with Crippen LogP contribution >= 0.6 is 0 Å². The molecule has 28 heavy (non-hydrogen) atoms. The summed E-state index contributed by atoms with van der Waals surface area (Å²) < 4.78 is 0. The van der Waals surface area contributed by atoms with Gasteiger partial charge in [0.2, 0.25) is 0 Å². The minimum atomic E-state index is 0.104. The Morgan fingerprint density at radius 2 is 1.71 bits per heavy atom. The number of piperidine rings is 1. The number of rotatable bonds is 8. The van der Waals surface area contributed by atoms with Crippen LogP contribution in [0.25, 0.3) is 0 Å². The molecule has 1 aliphatic heterocycles. The van der Waals surface area contributed by atoms with Gasteiger partial charge in [0.15, 0.2) is 0 Å². The Hall–Kier alpha value is -2.24. The van der Waals surface area contributed by atoms with Crippen molar-refractivity contribution in [3.8, 4) is 0 Å². The van der Waals surface area contributed by atoms with E-state index in [4.69, 9.17) is 0 Å². The van der Waals surface area contributed by atoms with E-state index in [9.17, 15) is 4.79 Å². The molecule has 1 fully saturated rings. The lowest BCUT2D eigenvalue weighted by Gasteiger charge is -2.28. The molecule has 0 saturated carbocycles. The standard InChI is InChI=1S/C23H32N4O/c1-25(19-21-7-6-12-24-17-21)18-20-8-10-22(11-9-20)23(28)26(2)15-16-27-13-4-3-5-14-27/h6-12,17H,3-5,13-16,18-19H2,1-2H3. The third-order valence-electron chi connectivity index (χ3n) is 5.38. The summed E-state index contributed by atoms with van der Waals surface area (Å²) in [5, 5.41) is 0. The molecule has 0 spiro atoms. The average molecular weight is 381 g/mol. The van der Waals surface area contributed by atoms with Crippen LogP contribution in [0.1, 0.15) is 40.7 Å². The first-order chi connectivity index (χ1) is 13.6. The Labute approximate surface area is 169 Å². The van der Waals surface area contributed by atoms with Gasteiger partial charge in [0.1, 0.15) is 0 Å². The summed E-state index contributed by atoms with van der Waals surface area (Å²) in [6.07, 6.45) is 7.61. The van der Waals surface area contributed by atoms with Gasteiger partial charge in [-0.15, -0.1) is 0 Å². The molecule has 1 aliphatic rings. The molecule has 0 bridgehead atoms. The zero-order valence-corrected chi connectivity index (χ0v) is 17.2. The van der Waals surface area contributed by atoms with Crippen LogP contribution < -0.4 is 0 Å². The van der Waals surface area contributed by atoms with E-state index in [1.807, 2.05) is 36.3 Å². The van der Waals surface area contributed by atoms with Gasteiger partial charge in [-0.3, -0.25) is 14.7 Å². The lowest BCUT2D eigenvalue weighted by molar-refractivity contribution is 0.0773. The summed E-state index contributed by atoms with van der Waals surface area (Å²) in [7, 11) is 4.00. The van der Waals surface area contributed by atoms with Gasteiger partial charge in [-0.1, -0.05) is 24.6 Å². The van der Waals surface area contributed by atoms with Gasteiger partial charge in [0, 0.05) is 51.2 Å². The molecule has 1 amide bonds. The van der Waals surface area contributed by atoms with Crippen LogP contribution in [0.2, 0.25) is 0 Å². The van der Waals surface area contributed by atoms with Gasteiger partial charge < -0.3 is 9.80 Å². The summed E-state index contributed by atoms with van der Waals surface area (Å²) >= 11 is 0. The normalized spacial score (nSPS) is 15.0. The van der Waals surface area contributed by atoms with E-state index in [0.717, 1.165) is 31.7 Å². The first-order valence-corrected chi connectivity index (χ1v) is 10.3. The molecule has 1 aromatic heterocycles. The number of carbonyl (C=O) groups is 1. The van der Waals surface area contributed by atoms with Crippen molar-refractivity contribution in [3.63, 3.8) is 0 Å². The molecule has 0 radical (unpaired) electrons. The van der Waals surface area contributed by atoms with E-state index >= 15 is 0 Å². The van der Waals surface area contributed by atoms with Gasteiger partial charge in [-0.2, -0.15) is 0 Å². The van der Waals surface area contributed by atoms with Crippen LogP contribution in [0, 0.1) is 0 Å². The number of likely N-dealkylation sites (tertiary alicyclic amines) is 1. The fourth-order valence-electron chi connectivity index (χ4n) is 3.72. The molecule has 150 valence electrons. The number of likely N-dealkylation sites (N-methyl/N-ethyl adjacent to an activating group) is 1. The Kier molecular flexibility index (Phi) is 7.57. The van der Waals surface area contributed by atoms with E-state index < -0.39 is 0 Å². The van der Waals surface area contributed by atoms with Crippen LogP contribution in [0.4, 0.5) is 0 Å². The zero-order chi connectivity index (χ0) is 19.8. The van der Waals surface area contributed by atoms with Crippen molar-refractivity contribution in [2.24, 2.45) is 0 Å². The van der Waals surface area contributed by atoms with Crippen molar-refractivity contribution in [2.45, 2.75) is 32.4 Å². The minimum Gasteiger partial charge on any atom is -0.340 e. The maximum Gasteiger partial charge on any atom is 0.253 e. The van der Waals surface area contributed by atoms with Crippen molar-refractivity contribution in [1.29, 1.82) is 0 Å². The summed E-state index contributed by atoms with van der Waals surface area (Å²) in [4.78, 5) is 23.4. The minimum absolute atomic E-state index is 0.104. The quantitative estimate of drug-likeness (QED) is 0.705. The maximum absolute atomic E-state index is 12.7. The second-order valence-electron chi connectivity index (χ2n) is 7.86. The number of carbonyl (C=O) groups excluding carboxylic acids is 1. The first kappa shape index (κ1) is 20.5. The monoisotopic (exact) mass is 380 g/mol.